The molecule has 1 atom stereocenters. The lowest BCUT2D eigenvalue weighted by atomic mass is 10.2. The van der Waals surface area contributed by atoms with E-state index in [1.165, 1.54) is 5.56 Å². The molecule has 0 saturated carbocycles. The van der Waals surface area contributed by atoms with E-state index in [-0.39, 0.29) is 6.04 Å². The monoisotopic (exact) mass is 348 g/mol. The Morgan fingerprint density at radius 3 is 2.52 bits per heavy atom. The second-order valence-corrected chi connectivity index (χ2v) is 7.49. The Hall–Kier alpha value is -1.44. The molecular formula is C18H32N6O. The maximum absolute atomic E-state index is 12.9. The molecule has 0 bridgehead atoms. The molecule has 7 heteroatoms. The van der Waals surface area contributed by atoms with Crippen molar-refractivity contribution in [1.82, 2.24) is 29.4 Å². The van der Waals surface area contributed by atoms with Gasteiger partial charge < -0.3 is 9.80 Å². The first-order valence-electron chi connectivity index (χ1n) is 9.44. The number of nitrogens with zero attached hydrogens (tertiary/aromatic N) is 6. The molecule has 0 radical (unpaired) electrons. The second-order valence-electron chi connectivity index (χ2n) is 7.49. The minimum absolute atomic E-state index is 0.00132. The summed E-state index contributed by atoms with van der Waals surface area (Å²) < 4.78 is 1.85. The number of rotatable bonds is 4. The fourth-order valence-corrected chi connectivity index (χ4v) is 3.79. The molecule has 3 rings (SSSR count). The lowest BCUT2D eigenvalue weighted by Crippen LogP contribution is -2.54. The summed E-state index contributed by atoms with van der Waals surface area (Å²) in [7, 11) is 4.10. The van der Waals surface area contributed by atoms with E-state index in [0.29, 0.717) is 5.91 Å². The molecule has 140 valence electrons. The highest BCUT2D eigenvalue weighted by molar-refractivity contribution is 5.81. The summed E-state index contributed by atoms with van der Waals surface area (Å²) in [6.07, 6.45) is 5.05. The van der Waals surface area contributed by atoms with Crippen LogP contribution >= 0.6 is 0 Å². The van der Waals surface area contributed by atoms with Crippen molar-refractivity contribution >= 4 is 5.91 Å². The zero-order chi connectivity index (χ0) is 17.8. The average Bonchev–Trinajstić information content (AvgIpc) is 2.87. The number of aryl methyl sites for hydroxylation is 1. The summed E-state index contributed by atoms with van der Waals surface area (Å²) in [6.45, 7) is 10.8. The van der Waals surface area contributed by atoms with Gasteiger partial charge in [-0.3, -0.25) is 19.3 Å². The number of piperazine rings is 1. The lowest BCUT2D eigenvalue weighted by Gasteiger charge is -2.37. The molecule has 25 heavy (non-hydrogen) atoms. The number of amides is 1. The Balaban J connectivity index is 1.50. The van der Waals surface area contributed by atoms with Crippen LogP contribution in [0.5, 0.6) is 0 Å². The minimum Gasteiger partial charge on any atom is -0.340 e. The van der Waals surface area contributed by atoms with Gasteiger partial charge in [0.2, 0.25) is 5.91 Å². The van der Waals surface area contributed by atoms with E-state index < -0.39 is 0 Å². The molecule has 1 unspecified atom stereocenters. The number of carbonyl (C=O) groups excluding carboxylic acids is 1. The Labute approximate surface area is 151 Å². The molecule has 2 aliphatic rings. The third-order valence-corrected chi connectivity index (χ3v) is 5.51. The van der Waals surface area contributed by atoms with Crippen molar-refractivity contribution in [3.05, 3.63) is 18.0 Å². The molecule has 0 aromatic carbocycles. The van der Waals surface area contributed by atoms with Gasteiger partial charge in [0.05, 0.1) is 12.2 Å². The van der Waals surface area contributed by atoms with Crippen LogP contribution in [0.3, 0.4) is 0 Å². The van der Waals surface area contributed by atoms with E-state index in [2.05, 4.69) is 44.9 Å². The van der Waals surface area contributed by atoms with Gasteiger partial charge in [-0.25, -0.2) is 0 Å². The van der Waals surface area contributed by atoms with Gasteiger partial charge in [-0.1, -0.05) is 0 Å². The fraction of sp³-hybridized carbons (Fsp3) is 0.778. The van der Waals surface area contributed by atoms with Gasteiger partial charge in [-0.2, -0.15) is 5.10 Å². The summed E-state index contributed by atoms with van der Waals surface area (Å²) in [5.74, 6) is 0.299. The number of aromatic nitrogens is 2. The highest BCUT2D eigenvalue weighted by atomic mass is 16.2. The Morgan fingerprint density at radius 1 is 1.08 bits per heavy atom. The molecule has 0 aliphatic carbocycles. The summed E-state index contributed by atoms with van der Waals surface area (Å²) in [4.78, 5) is 22.1. The zero-order valence-electron chi connectivity index (χ0n) is 15.9. The summed E-state index contributed by atoms with van der Waals surface area (Å²) in [6, 6.07) is -0.00132. The highest BCUT2D eigenvalue weighted by Crippen LogP contribution is 2.12. The second kappa shape index (κ2) is 8.29. The van der Waals surface area contributed by atoms with Crippen LogP contribution in [0.25, 0.3) is 0 Å². The van der Waals surface area contributed by atoms with Gasteiger partial charge in [0.15, 0.2) is 0 Å². The first-order chi connectivity index (χ1) is 12.0. The van der Waals surface area contributed by atoms with Crippen LogP contribution in [0.15, 0.2) is 12.4 Å². The maximum Gasteiger partial charge on any atom is 0.239 e. The number of hydrogen-bond donors (Lipinski definition) is 0. The van der Waals surface area contributed by atoms with Crippen molar-refractivity contribution in [2.24, 2.45) is 7.05 Å². The first kappa shape index (κ1) is 18.4. The van der Waals surface area contributed by atoms with Gasteiger partial charge in [-0.15, -0.1) is 0 Å². The van der Waals surface area contributed by atoms with Crippen molar-refractivity contribution < 1.29 is 4.79 Å². The Bertz CT molecular complexity index is 566. The Morgan fingerprint density at radius 2 is 1.84 bits per heavy atom. The molecule has 1 aromatic heterocycles. The lowest BCUT2D eigenvalue weighted by molar-refractivity contribution is -0.137. The van der Waals surface area contributed by atoms with Crippen LogP contribution in [-0.2, 0) is 18.4 Å². The van der Waals surface area contributed by atoms with Crippen LogP contribution in [0.1, 0.15) is 18.9 Å². The zero-order valence-corrected chi connectivity index (χ0v) is 15.9. The molecule has 7 nitrogen and oxygen atoms in total. The normalized spacial score (nSPS) is 22.8. The van der Waals surface area contributed by atoms with Crippen LogP contribution in [0, 0.1) is 0 Å². The van der Waals surface area contributed by atoms with Gasteiger partial charge in [0.1, 0.15) is 0 Å². The Kier molecular flexibility index (Phi) is 6.09. The average molecular weight is 348 g/mol. The molecule has 2 aliphatic heterocycles. The molecule has 1 aromatic rings. The SMILES string of the molecule is CC(C(=O)N1CCCN(Cc2cnn(C)c2)CC1)N1CCN(C)CC1. The number of carbonyl (C=O) groups is 1. The third-order valence-electron chi connectivity index (χ3n) is 5.51. The maximum atomic E-state index is 12.9. The van der Waals surface area contributed by atoms with E-state index in [1.807, 2.05) is 17.9 Å². The van der Waals surface area contributed by atoms with Crippen molar-refractivity contribution in [1.29, 1.82) is 0 Å². The molecule has 2 fully saturated rings. The standard InChI is InChI=1S/C18H32N6O/c1-16(23-10-7-20(2)8-11-23)18(25)24-6-4-5-22(9-12-24)15-17-13-19-21(3)14-17/h13-14,16H,4-12,15H2,1-3H3. The summed E-state index contributed by atoms with van der Waals surface area (Å²) in [5.41, 5.74) is 1.24. The quantitative estimate of drug-likeness (QED) is 0.772. The topological polar surface area (TPSA) is 47.9 Å². The van der Waals surface area contributed by atoms with Crippen molar-refractivity contribution in [3.63, 3.8) is 0 Å². The molecule has 1 amide bonds. The van der Waals surface area contributed by atoms with Gasteiger partial charge in [0.25, 0.3) is 0 Å². The smallest absolute Gasteiger partial charge is 0.239 e. The molecule has 2 saturated heterocycles. The largest absolute Gasteiger partial charge is 0.340 e. The predicted molar refractivity (Wildman–Crippen MR) is 98.2 cm³/mol. The molecular weight excluding hydrogens is 316 g/mol. The van der Waals surface area contributed by atoms with E-state index in [4.69, 9.17) is 0 Å². The number of likely N-dealkylation sites (N-methyl/N-ethyl adjacent to an activating group) is 1. The van der Waals surface area contributed by atoms with E-state index in [9.17, 15) is 4.79 Å². The van der Waals surface area contributed by atoms with Crippen LogP contribution in [0.4, 0.5) is 0 Å². The summed E-state index contributed by atoms with van der Waals surface area (Å²) >= 11 is 0. The van der Waals surface area contributed by atoms with Crippen molar-refractivity contribution in [2.45, 2.75) is 25.9 Å². The third kappa shape index (κ3) is 4.80. The molecule has 0 N–H and O–H groups in total. The van der Waals surface area contributed by atoms with E-state index in [1.54, 1.807) is 0 Å². The van der Waals surface area contributed by atoms with E-state index in [0.717, 1.165) is 65.3 Å². The summed E-state index contributed by atoms with van der Waals surface area (Å²) in [5, 5.41) is 4.25. The minimum atomic E-state index is -0.00132. The number of hydrogen-bond acceptors (Lipinski definition) is 5. The fourth-order valence-electron chi connectivity index (χ4n) is 3.79. The molecule has 3 heterocycles. The van der Waals surface area contributed by atoms with Gasteiger partial charge in [0, 0.05) is 77.7 Å². The van der Waals surface area contributed by atoms with Crippen LogP contribution < -0.4 is 0 Å². The van der Waals surface area contributed by atoms with E-state index >= 15 is 0 Å². The highest BCUT2D eigenvalue weighted by Gasteiger charge is 2.29. The molecule has 0 spiro atoms. The van der Waals surface area contributed by atoms with Gasteiger partial charge in [-0.05, 0) is 20.4 Å². The van der Waals surface area contributed by atoms with Crippen LogP contribution in [-0.4, -0.2) is 101 Å². The van der Waals surface area contributed by atoms with Crippen molar-refractivity contribution in [3.8, 4) is 0 Å². The predicted octanol–water partition coefficient (Wildman–Crippen LogP) is 0.0903. The van der Waals surface area contributed by atoms with Crippen molar-refractivity contribution in [2.75, 3.05) is 59.4 Å². The van der Waals surface area contributed by atoms with Gasteiger partial charge >= 0.3 is 0 Å². The first-order valence-corrected chi connectivity index (χ1v) is 9.44. The van der Waals surface area contributed by atoms with Crippen LogP contribution in [0.2, 0.25) is 0 Å².